The molecule has 4 fully saturated rings. The number of hydrogen-bond acceptors (Lipinski definition) is 9. The van der Waals surface area contributed by atoms with Gasteiger partial charge in [0.25, 0.3) is 5.69 Å². The van der Waals surface area contributed by atoms with E-state index in [0.29, 0.717) is 19.6 Å². The third kappa shape index (κ3) is 10.2. The number of nitrogens with zero attached hydrogens (tertiary/aromatic N) is 5. The smallest absolute Gasteiger partial charge is 0.410 e. The molecular formula is C42H64N6O6. The van der Waals surface area contributed by atoms with Gasteiger partial charge in [-0.1, -0.05) is 24.3 Å². The summed E-state index contributed by atoms with van der Waals surface area (Å²) < 4.78 is 11.0. The van der Waals surface area contributed by atoms with Crippen molar-refractivity contribution in [2.45, 2.75) is 142 Å². The van der Waals surface area contributed by atoms with Gasteiger partial charge in [-0.15, -0.1) is 0 Å². The van der Waals surface area contributed by atoms with Crippen molar-refractivity contribution >= 4 is 23.6 Å². The third-order valence-electron chi connectivity index (χ3n) is 11.6. The molecule has 0 atom stereocenters. The van der Waals surface area contributed by atoms with E-state index in [1.54, 1.807) is 11.0 Å². The zero-order chi connectivity index (χ0) is 39.5. The molecule has 0 aliphatic carbocycles. The van der Waals surface area contributed by atoms with E-state index in [4.69, 9.17) is 15.2 Å². The number of amides is 2. The van der Waals surface area contributed by atoms with E-state index in [0.717, 1.165) is 88.1 Å². The van der Waals surface area contributed by atoms with Crippen molar-refractivity contribution in [2.24, 2.45) is 0 Å². The van der Waals surface area contributed by atoms with Gasteiger partial charge in [-0.2, -0.15) is 0 Å². The minimum atomic E-state index is -0.490. The minimum absolute atomic E-state index is 0.0251. The number of likely N-dealkylation sites (tertiary alicyclic amines) is 4. The van der Waals surface area contributed by atoms with Crippen molar-refractivity contribution in [3.63, 3.8) is 0 Å². The van der Waals surface area contributed by atoms with Crippen LogP contribution in [0.2, 0.25) is 0 Å². The second kappa shape index (κ2) is 16.5. The van der Waals surface area contributed by atoms with E-state index in [1.165, 1.54) is 24.0 Å². The Kier molecular flexibility index (Phi) is 12.6. The van der Waals surface area contributed by atoms with E-state index in [2.05, 4.69) is 34.9 Å². The third-order valence-corrected chi connectivity index (χ3v) is 11.6. The second-order valence-corrected chi connectivity index (χ2v) is 18.0. The number of nitro benzene ring substituents is 1. The quantitative estimate of drug-likeness (QED) is 0.182. The van der Waals surface area contributed by atoms with E-state index in [1.807, 2.05) is 65.5 Å². The summed E-state index contributed by atoms with van der Waals surface area (Å²) in [6.45, 7) is 21.8. The lowest BCUT2D eigenvalue weighted by Crippen LogP contribution is -2.53. The Morgan fingerprint density at radius 2 is 1.09 bits per heavy atom. The van der Waals surface area contributed by atoms with Crippen LogP contribution in [0.25, 0.3) is 0 Å². The van der Waals surface area contributed by atoms with Crippen LogP contribution in [0.4, 0.5) is 21.0 Å². The minimum Gasteiger partial charge on any atom is -0.444 e. The molecule has 4 saturated heterocycles. The molecule has 0 radical (unpaired) electrons. The molecule has 2 aromatic rings. The second-order valence-electron chi connectivity index (χ2n) is 18.0. The Morgan fingerprint density at radius 1 is 0.685 bits per heavy atom. The summed E-state index contributed by atoms with van der Waals surface area (Å²) in [5.74, 6) is 0. The number of carbonyl (C=O) groups is 2. The average molecular weight is 749 g/mol. The van der Waals surface area contributed by atoms with Gasteiger partial charge in [-0.25, -0.2) is 9.59 Å². The van der Waals surface area contributed by atoms with Crippen molar-refractivity contribution in [3.8, 4) is 0 Å². The Morgan fingerprint density at radius 3 is 1.50 bits per heavy atom. The predicted molar refractivity (Wildman–Crippen MR) is 212 cm³/mol. The highest BCUT2D eigenvalue weighted by atomic mass is 16.6. The first-order chi connectivity index (χ1) is 25.3. The molecule has 298 valence electrons. The molecule has 2 aromatic carbocycles. The van der Waals surface area contributed by atoms with Crippen molar-refractivity contribution in [1.82, 2.24) is 19.6 Å². The maximum atomic E-state index is 12.4. The monoisotopic (exact) mass is 748 g/mol. The van der Waals surface area contributed by atoms with Gasteiger partial charge in [0.1, 0.15) is 11.2 Å². The maximum absolute atomic E-state index is 12.4. The summed E-state index contributed by atoms with van der Waals surface area (Å²) in [5, 5.41) is 11.5. The number of hydrogen-bond donors (Lipinski definition) is 1. The van der Waals surface area contributed by atoms with Crippen LogP contribution in [0.5, 0.6) is 0 Å². The highest BCUT2D eigenvalue weighted by Crippen LogP contribution is 2.42. The average Bonchev–Trinajstić information content (AvgIpc) is 3.65. The van der Waals surface area contributed by atoms with E-state index >= 15 is 0 Å². The van der Waals surface area contributed by atoms with Gasteiger partial charge < -0.3 is 25.0 Å². The van der Waals surface area contributed by atoms with Crippen LogP contribution in [0.15, 0.2) is 36.4 Å². The van der Waals surface area contributed by atoms with Gasteiger partial charge in [0.2, 0.25) is 0 Å². The van der Waals surface area contributed by atoms with Gasteiger partial charge >= 0.3 is 12.2 Å². The topological polar surface area (TPSA) is 135 Å². The van der Waals surface area contributed by atoms with Crippen molar-refractivity contribution in [1.29, 1.82) is 0 Å². The summed E-state index contributed by atoms with van der Waals surface area (Å²) >= 11 is 0. The first-order valence-corrected chi connectivity index (χ1v) is 19.8. The molecule has 0 unspecified atom stereocenters. The molecule has 4 heterocycles. The number of aryl methyl sites for hydroxylation is 2. The molecule has 0 saturated carbocycles. The van der Waals surface area contributed by atoms with E-state index < -0.39 is 11.2 Å². The number of carbonyl (C=O) groups excluding carboxylic acids is 2. The van der Waals surface area contributed by atoms with Crippen molar-refractivity contribution in [2.75, 3.05) is 45.0 Å². The zero-order valence-corrected chi connectivity index (χ0v) is 34.0. The van der Waals surface area contributed by atoms with E-state index in [-0.39, 0.29) is 33.9 Å². The molecule has 4 aliphatic heterocycles. The number of ether oxygens (including phenoxy) is 2. The highest BCUT2D eigenvalue weighted by Gasteiger charge is 2.46. The molecule has 12 nitrogen and oxygen atoms in total. The lowest BCUT2D eigenvalue weighted by molar-refractivity contribution is -0.385. The fourth-order valence-corrected chi connectivity index (χ4v) is 8.73. The predicted octanol–water partition coefficient (Wildman–Crippen LogP) is 8.21. The van der Waals surface area contributed by atoms with E-state index in [9.17, 15) is 19.7 Å². The Bertz CT molecular complexity index is 1650. The number of rotatable bonds is 5. The summed E-state index contributed by atoms with van der Waals surface area (Å²) in [6, 6.07) is 11.8. The van der Waals surface area contributed by atoms with Crippen LogP contribution < -0.4 is 5.73 Å². The molecule has 12 heteroatoms. The molecule has 2 N–H and O–H groups in total. The van der Waals surface area contributed by atoms with Gasteiger partial charge in [0.05, 0.1) is 4.92 Å². The number of nitro groups is 1. The Hall–Kier alpha value is -3.90. The first kappa shape index (κ1) is 41.3. The number of anilines is 1. The van der Waals surface area contributed by atoms with Gasteiger partial charge in [-0.3, -0.25) is 19.9 Å². The van der Waals surface area contributed by atoms with Crippen LogP contribution in [0.3, 0.4) is 0 Å². The molecule has 2 spiro atoms. The zero-order valence-electron chi connectivity index (χ0n) is 34.0. The molecule has 0 bridgehead atoms. The van der Waals surface area contributed by atoms with Gasteiger partial charge in [0, 0.05) is 67.7 Å². The summed E-state index contributed by atoms with van der Waals surface area (Å²) in [5.41, 5.74) is 10.7. The Labute approximate surface area is 322 Å². The lowest BCUT2D eigenvalue weighted by Gasteiger charge is -2.45. The largest absolute Gasteiger partial charge is 0.444 e. The number of benzene rings is 2. The molecule has 0 aromatic heterocycles. The molecule has 54 heavy (non-hydrogen) atoms. The number of nitrogen functional groups attached to an aromatic ring is 1. The van der Waals surface area contributed by atoms with Crippen LogP contribution in [-0.2, 0) is 22.6 Å². The van der Waals surface area contributed by atoms with Crippen LogP contribution in [0.1, 0.15) is 115 Å². The molecule has 4 aliphatic rings. The highest BCUT2D eigenvalue weighted by molar-refractivity contribution is 5.68. The van der Waals surface area contributed by atoms with Crippen LogP contribution in [0, 0.1) is 24.0 Å². The van der Waals surface area contributed by atoms with Crippen LogP contribution in [-0.4, -0.2) is 98.3 Å². The molecule has 2 amide bonds. The summed E-state index contributed by atoms with van der Waals surface area (Å²) in [4.78, 5) is 44.5. The van der Waals surface area contributed by atoms with Gasteiger partial charge in [-0.05, 0) is 143 Å². The summed E-state index contributed by atoms with van der Waals surface area (Å²) in [7, 11) is 0. The van der Waals surface area contributed by atoms with Crippen LogP contribution >= 0.6 is 0 Å². The normalized spacial score (nSPS) is 20.1. The van der Waals surface area contributed by atoms with Gasteiger partial charge in [0.15, 0.2) is 0 Å². The number of piperidine rings is 2. The fourth-order valence-electron chi connectivity index (χ4n) is 8.73. The molecule has 6 rings (SSSR count). The van der Waals surface area contributed by atoms with Crippen molar-refractivity contribution < 1.29 is 24.0 Å². The lowest BCUT2D eigenvalue weighted by atomic mass is 9.84. The SMILES string of the molecule is Cc1ccc(CN2CCCC23CCN(C(=O)OC(C)(C)C)CC3)c(N)c1.Cc1ccc(CN2CCCC23CCN(C(=O)OC(C)(C)C)CC3)c([N+](=O)[O-])c1. The maximum Gasteiger partial charge on any atom is 0.410 e. The summed E-state index contributed by atoms with van der Waals surface area (Å²) in [6.07, 6.45) is 7.95. The number of nitrogens with two attached hydrogens (primary N) is 1. The fraction of sp³-hybridized carbons (Fsp3) is 0.667. The first-order valence-electron chi connectivity index (χ1n) is 19.8. The van der Waals surface area contributed by atoms with Crippen molar-refractivity contribution in [3.05, 3.63) is 68.8 Å². The Balaban J connectivity index is 0.000000208. The standard InChI is InChI=1S/C21H31N3O4.C21H33N3O2/c1-16-6-7-17(18(14-16)24(26)27)15-23-11-5-8-21(23)9-12-22(13-10-21)19(25)28-20(2,3)4;1-16-6-7-17(18(22)14-16)15-24-11-5-8-21(24)9-12-23(13-10-21)19(25)26-20(2,3)4/h6-7,14H,5,8-13,15H2,1-4H3;6-7,14H,5,8-13,15,22H2,1-4H3. The molecular weight excluding hydrogens is 684 g/mol.